The van der Waals surface area contributed by atoms with Crippen LogP contribution in [0.2, 0.25) is 0 Å². The zero-order chi connectivity index (χ0) is 14.2. The van der Waals surface area contributed by atoms with Crippen molar-refractivity contribution in [3.8, 4) is 5.75 Å². The molecular weight excluding hydrogens is 272 g/mol. The first-order valence-corrected chi connectivity index (χ1v) is 6.61. The fourth-order valence-corrected chi connectivity index (χ4v) is 2.42. The number of hydrogen-bond donors (Lipinski definition) is 2. The van der Waals surface area contributed by atoms with Gasteiger partial charge in [0.25, 0.3) is 0 Å². The summed E-state index contributed by atoms with van der Waals surface area (Å²) in [6.07, 6.45) is 4.30. The Hall–Kier alpha value is -1.48. The van der Waals surface area contributed by atoms with Crippen molar-refractivity contribution < 1.29 is 5.11 Å². The van der Waals surface area contributed by atoms with Gasteiger partial charge in [-0.05, 0) is 41.5 Å². The number of phenolic OH excluding ortho intramolecular Hbond substituents is 1. The van der Waals surface area contributed by atoms with Crippen molar-refractivity contribution in [3.05, 3.63) is 46.5 Å². The van der Waals surface area contributed by atoms with Crippen molar-refractivity contribution in [2.24, 2.45) is 0 Å². The van der Waals surface area contributed by atoms with Crippen LogP contribution in [0.15, 0.2) is 18.5 Å². The molecule has 2 N–H and O–H groups in total. The highest BCUT2D eigenvalue weighted by Crippen LogP contribution is 2.36. The number of aromatic nitrogens is 2. The van der Waals surface area contributed by atoms with Crippen LogP contribution in [0.4, 0.5) is 0 Å². The van der Waals surface area contributed by atoms with E-state index in [0.717, 1.165) is 28.9 Å². The van der Waals surface area contributed by atoms with Crippen LogP contribution in [0.3, 0.4) is 0 Å². The van der Waals surface area contributed by atoms with Gasteiger partial charge in [-0.15, -0.1) is 12.4 Å². The fraction of sp³-hybridized carbons (Fsp3) is 0.438. The number of nitrogens with one attached hydrogen (secondary N) is 1. The van der Waals surface area contributed by atoms with Crippen molar-refractivity contribution in [3.63, 3.8) is 0 Å². The molecule has 0 spiro atoms. The molecule has 2 aromatic rings. The van der Waals surface area contributed by atoms with Gasteiger partial charge >= 0.3 is 0 Å². The van der Waals surface area contributed by atoms with Crippen molar-refractivity contribution >= 4 is 12.4 Å². The second kappa shape index (κ2) is 5.88. The number of phenols is 1. The minimum Gasteiger partial charge on any atom is -0.507 e. The standard InChI is InChI=1S/C16H22N2O.ClH/c1-10-8-13(16(3,4)5)15(19)11(2)12(10)9-14-17-6-7-18-14;/h6-8,19H,9H2,1-5H3,(H,17,18);1H. The number of aryl methyl sites for hydroxylation is 1. The largest absolute Gasteiger partial charge is 0.507 e. The molecule has 0 atom stereocenters. The van der Waals surface area contributed by atoms with Gasteiger partial charge in [-0.3, -0.25) is 0 Å². The molecule has 1 aromatic heterocycles. The Balaban J connectivity index is 0.00000200. The number of hydrogen-bond acceptors (Lipinski definition) is 2. The first-order valence-electron chi connectivity index (χ1n) is 6.61. The minimum absolute atomic E-state index is 0. The molecule has 0 aliphatic carbocycles. The molecule has 0 amide bonds. The van der Waals surface area contributed by atoms with Crippen LogP contribution in [0, 0.1) is 13.8 Å². The van der Waals surface area contributed by atoms with Crippen molar-refractivity contribution in [1.29, 1.82) is 0 Å². The van der Waals surface area contributed by atoms with E-state index in [0.29, 0.717) is 5.75 Å². The van der Waals surface area contributed by atoms with E-state index in [9.17, 15) is 5.11 Å². The highest BCUT2D eigenvalue weighted by atomic mass is 35.5. The number of aromatic amines is 1. The average Bonchev–Trinajstić information content (AvgIpc) is 2.80. The Morgan fingerprint density at radius 1 is 1.25 bits per heavy atom. The molecular formula is C16H23ClN2O. The summed E-state index contributed by atoms with van der Waals surface area (Å²) in [5.41, 5.74) is 4.27. The third-order valence-corrected chi connectivity index (χ3v) is 3.61. The maximum Gasteiger partial charge on any atom is 0.122 e. The van der Waals surface area contributed by atoms with Crippen molar-refractivity contribution in [2.75, 3.05) is 0 Å². The Morgan fingerprint density at radius 3 is 2.40 bits per heavy atom. The summed E-state index contributed by atoms with van der Waals surface area (Å²) in [7, 11) is 0. The predicted molar refractivity (Wildman–Crippen MR) is 84.9 cm³/mol. The first-order chi connectivity index (χ1) is 8.80. The van der Waals surface area contributed by atoms with E-state index in [1.54, 1.807) is 6.20 Å². The van der Waals surface area contributed by atoms with Crippen LogP contribution in [0.1, 0.15) is 48.8 Å². The number of imidazole rings is 1. The van der Waals surface area contributed by atoms with E-state index in [1.165, 1.54) is 5.56 Å². The summed E-state index contributed by atoms with van der Waals surface area (Å²) >= 11 is 0. The van der Waals surface area contributed by atoms with Gasteiger partial charge in [-0.25, -0.2) is 4.98 Å². The lowest BCUT2D eigenvalue weighted by molar-refractivity contribution is 0.441. The topological polar surface area (TPSA) is 48.9 Å². The minimum atomic E-state index is -0.0528. The maximum absolute atomic E-state index is 10.4. The Bertz CT molecular complexity index is 584. The van der Waals surface area contributed by atoms with E-state index in [1.807, 2.05) is 13.1 Å². The lowest BCUT2D eigenvalue weighted by Crippen LogP contribution is -2.13. The van der Waals surface area contributed by atoms with Crippen LogP contribution < -0.4 is 0 Å². The monoisotopic (exact) mass is 294 g/mol. The van der Waals surface area contributed by atoms with Crippen LogP contribution in [0.5, 0.6) is 5.75 Å². The third-order valence-electron chi connectivity index (χ3n) is 3.61. The molecule has 0 saturated heterocycles. The quantitative estimate of drug-likeness (QED) is 0.878. The van der Waals surface area contributed by atoms with E-state index in [2.05, 4.69) is 43.7 Å². The summed E-state index contributed by atoms with van der Waals surface area (Å²) in [6.45, 7) is 10.4. The second-order valence-electron chi connectivity index (χ2n) is 6.16. The molecule has 0 saturated carbocycles. The zero-order valence-electron chi connectivity index (χ0n) is 12.7. The molecule has 0 radical (unpaired) electrons. The summed E-state index contributed by atoms with van der Waals surface area (Å²) in [4.78, 5) is 7.37. The van der Waals surface area contributed by atoms with Gasteiger partial charge < -0.3 is 10.1 Å². The van der Waals surface area contributed by atoms with Gasteiger partial charge in [-0.2, -0.15) is 0 Å². The second-order valence-corrected chi connectivity index (χ2v) is 6.16. The van der Waals surface area contributed by atoms with Gasteiger partial charge in [0, 0.05) is 18.8 Å². The molecule has 2 rings (SSSR count). The number of benzene rings is 1. The highest BCUT2D eigenvalue weighted by molar-refractivity contribution is 5.85. The number of halogens is 1. The lowest BCUT2D eigenvalue weighted by Gasteiger charge is -2.24. The average molecular weight is 295 g/mol. The van der Waals surface area contributed by atoms with E-state index in [4.69, 9.17) is 0 Å². The maximum atomic E-state index is 10.4. The molecule has 0 aliphatic rings. The lowest BCUT2D eigenvalue weighted by atomic mass is 9.82. The van der Waals surface area contributed by atoms with Gasteiger partial charge in [0.1, 0.15) is 11.6 Å². The normalized spacial score (nSPS) is 11.2. The number of aromatic hydroxyl groups is 1. The Labute approximate surface area is 126 Å². The van der Waals surface area contributed by atoms with E-state index >= 15 is 0 Å². The number of nitrogens with zero attached hydrogens (tertiary/aromatic N) is 1. The van der Waals surface area contributed by atoms with Gasteiger partial charge in [0.2, 0.25) is 0 Å². The first kappa shape index (κ1) is 16.6. The fourth-order valence-electron chi connectivity index (χ4n) is 2.42. The Kier molecular flexibility index (Phi) is 4.87. The molecule has 20 heavy (non-hydrogen) atoms. The smallest absolute Gasteiger partial charge is 0.122 e. The summed E-state index contributed by atoms with van der Waals surface area (Å²) in [6, 6.07) is 2.10. The van der Waals surface area contributed by atoms with Crippen LogP contribution in [-0.4, -0.2) is 15.1 Å². The number of rotatable bonds is 2. The molecule has 1 heterocycles. The molecule has 1 aromatic carbocycles. The highest BCUT2D eigenvalue weighted by Gasteiger charge is 2.22. The molecule has 0 fully saturated rings. The molecule has 4 heteroatoms. The van der Waals surface area contributed by atoms with E-state index in [-0.39, 0.29) is 17.8 Å². The van der Waals surface area contributed by atoms with Crippen molar-refractivity contribution in [2.45, 2.75) is 46.5 Å². The van der Waals surface area contributed by atoms with Crippen LogP contribution in [0.25, 0.3) is 0 Å². The van der Waals surface area contributed by atoms with Gasteiger partial charge in [0.15, 0.2) is 0 Å². The van der Waals surface area contributed by atoms with Crippen molar-refractivity contribution in [1.82, 2.24) is 9.97 Å². The SMILES string of the molecule is Cc1cc(C(C)(C)C)c(O)c(C)c1Cc1ncc[nH]1.Cl. The summed E-state index contributed by atoms with van der Waals surface area (Å²) < 4.78 is 0. The molecule has 0 unspecified atom stereocenters. The van der Waals surface area contributed by atoms with Gasteiger partial charge in [0.05, 0.1) is 0 Å². The summed E-state index contributed by atoms with van der Waals surface area (Å²) in [5.74, 6) is 1.34. The molecule has 0 aliphatic heterocycles. The van der Waals surface area contributed by atoms with Crippen LogP contribution in [-0.2, 0) is 11.8 Å². The zero-order valence-corrected chi connectivity index (χ0v) is 13.6. The van der Waals surface area contributed by atoms with E-state index < -0.39 is 0 Å². The molecule has 3 nitrogen and oxygen atoms in total. The van der Waals surface area contributed by atoms with Crippen LogP contribution >= 0.6 is 12.4 Å². The third kappa shape index (κ3) is 3.15. The Morgan fingerprint density at radius 2 is 1.90 bits per heavy atom. The molecule has 110 valence electrons. The molecule has 0 bridgehead atoms. The van der Waals surface area contributed by atoms with Gasteiger partial charge in [-0.1, -0.05) is 26.8 Å². The predicted octanol–water partition coefficient (Wildman–Crippen LogP) is 4.04. The number of H-pyrrole nitrogens is 1. The summed E-state index contributed by atoms with van der Waals surface area (Å²) in [5, 5.41) is 10.4.